The van der Waals surface area contributed by atoms with E-state index >= 15 is 0 Å². The molecule has 0 atom stereocenters. The molecule has 0 heterocycles. The Morgan fingerprint density at radius 2 is 1.25 bits per heavy atom. The van der Waals surface area contributed by atoms with Gasteiger partial charge in [-0.05, 0) is 0 Å². The van der Waals surface area contributed by atoms with Crippen LogP contribution in [0.4, 0.5) is 13.8 Å². The molecule has 0 bridgehead atoms. The lowest BCUT2D eigenvalue weighted by atomic mass is 11.7. The Hall–Kier alpha value is 0.00688. The molecule has 0 aromatic carbocycles. The molecule has 0 fully saturated rings. The maximum atomic E-state index is 11.6. The van der Waals surface area contributed by atoms with Gasteiger partial charge in [0.25, 0.3) is 0 Å². The van der Waals surface area contributed by atoms with E-state index in [1.165, 1.54) is 0 Å². The molecule has 0 aliphatic rings. The van der Waals surface area contributed by atoms with E-state index in [1.54, 1.807) is 0 Å². The second-order valence-corrected chi connectivity index (χ2v) is 8.08. The van der Waals surface area contributed by atoms with E-state index in [1.807, 2.05) is 19.6 Å². The van der Waals surface area contributed by atoms with Gasteiger partial charge >= 0.3 is 0 Å². The first-order valence-electron chi connectivity index (χ1n) is 2.12. The van der Waals surface area contributed by atoms with Crippen LogP contribution in [0, 0.1) is 0 Å². The molecule has 0 radical (unpaired) electrons. The number of hydrogen-bond acceptors (Lipinski definition) is 0. The standard InChI is InChI=1S/C4H11FSi.2FH/c1-6(2,3)4-5;;/h4H2,1-3H3;2*1H. The van der Waals surface area contributed by atoms with E-state index < -0.39 is 8.07 Å². The summed E-state index contributed by atoms with van der Waals surface area (Å²) in [6, 6.07) is 0. The third-order valence-corrected chi connectivity index (χ3v) is 1.20. The summed E-state index contributed by atoms with van der Waals surface area (Å²) in [5.41, 5.74) is 0. The fourth-order valence-electron chi connectivity index (χ4n) is 0. The number of hydrogen-bond donors (Lipinski definition) is 0. The maximum Gasteiger partial charge on any atom is 0.0813 e. The Labute approximate surface area is 48.8 Å². The van der Waals surface area contributed by atoms with Crippen LogP contribution >= 0.6 is 0 Å². The molecule has 8 heavy (non-hydrogen) atoms. The lowest BCUT2D eigenvalue weighted by Crippen LogP contribution is -2.22. The lowest BCUT2D eigenvalue weighted by molar-refractivity contribution is 0.583. The SMILES string of the molecule is C[Si](C)(C)CF.F.F. The van der Waals surface area contributed by atoms with Crippen LogP contribution in [-0.4, -0.2) is 14.4 Å². The van der Waals surface area contributed by atoms with Gasteiger partial charge in [0.1, 0.15) is 0 Å². The summed E-state index contributed by atoms with van der Waals surface area (Å²) in [5, 5.41) is 0. The molecular weight excluding hydrogens is 133 g/mol. The maximum absolute atomic E-state index is 11.6. The Kier molecular flexibility index (Phi) is 10.1. The summed E-state index contributed by atoms with van der Waals surface area (Å²) in [7, 11) is -1.30. The van der Waals surface area contributed by atoms with Crippen molar-refractivity contribution in [2.45, 2.75) is 19.6 Å². The van der Waals surface area contributed by atoms with Crippen LogP contribution in [0.5, 0.6) is 0 Å². The number of halogens is 3. The van der Waals surface area contributed by atoms with Crippen molar-refractivity contribution in [1.29, 1.82) is 0 Å². The van der Waals surface area contributed by atoms with Gasteiger partial charge in [-0.15, -0.1) is 0 Å². The predicted molar refractivity (Wildman–Crippen MR) is 34.3 cm³/mol. The molecule has 0 amide bonds. The topological polar surface area (TPSA) is 0 Å². The third-order valence-electron chi connectivity index (χ3n) is 0.401. The van der Waals surface area contributed by atoms with Gasteiger partial charge in [-0.2, -0.15) is 0 Å². The number of alkyl halides is 1. The van der Waals surface area contributed by atoms with Gasteiger partial charge in [0.05, 0.1) is 14.4 Å². The van der Waals surface area contributed by atoms with E-state index in [2.05, 4.69) is 0 Å². The molecule has 0 nitrogen and oxygen atoms in total. The highest BCUT2D eigenvalue weighted by Gasteiger charge is 2.10. The van der Waals surface area contributed by atoms with Crippen LogP contribution in [0.25, 0.3) is 0 Å². The van der Waals surface area contributed by atoms with Crippen molar-refractivity contribution < 1.29 is 13.8 Å². The molecule has 0 N–H and O–H groups in total. The first-order chi connectivity index (χ1) is 2.56. The second-order valence-electron chi connectivity index (χ2n) is 2.69. The largest absolute Gasteiger partial charge is 0.269 e. The molecule has 4 heteroatoms. The van der Waals surface area contributed by atoms with Crippen molar-refractivity contribution in [3.63, 3.8) is 0 Å². The molecule has 0 aliphatic heterocycles. The zero-order chi connectivity index (χ0) is 5.21. The minimum Gasteiger partial charge on any atom is -0.269 e. The van der Waals surface area contributed by atoms with Gasteiger partial charge in [-0.25, -0.2) is 0 Å². The Morgan fingerprint density at radius 3 is 1.25 bits per heavy atom. The van der Waals surface area contributed by atoms with E-state index in [0.29, 0.717) is 0 Å². The molecule has 0 spiro atoms. The predicted octanol–water partition coefficient (Wildman–Crippen LogP) is 2.14. The highest BCUT2D eigenvalue weighted by molar-refractivity contribution is 6.75. The van der Waals surface area contributed by atoms with Crippen molar-refractivity contribution in [1.82, 2.24) is 0 Å². The highest BCUT2D eigenvalue weighted by Crippen LogP contribution is 1.98. The molecule has 0 saturated carbocycles. The molecular formula is C4H13F3Si. The van der Waals surface area contributed by atoms with Gasteiger partial charge in [0, 0.05) is 0 Å². The van der Waals surface area contributed by atoms with E-state index in [9.17, 15) is 4.39 Å². The van der Waals surface area contributed by atoms with Crippen LogP contribution in [0.15, 0.2) is 0 Å². The van der Waals surface area contributed by atoms with E-state index in [4.69, 9.17) is 0 Å². The van der Waals surface area contributed by atoms with Crippen molar-refractivity contribution in [2.75, 3.05) is 6.30 Å². The minimum absolute atomic E-state index is 0. The molecule has 0 aromatic rings. The summed E-state index contributed by atoms with van der Waals surface area (Å²) in [5.74, 6) is 0. The summed E-state index contributed by atoms with van der Waals surface area (Å²) in [6.07, 6.45) is -0.0903. The molecule has 0 rings (SSSR count). The van der Waals surface area contributed by atoms with Crippen molar-refractivity contribution >= 4 is 8.07 Å². The first kappa shape index (κ1) is 15.7. The van der Waals surface area contributed by atoms with Crippen molar-refractivity contribution in [3.8, 4) is 0 Å². The van der Waals surface area contributed by atoms with E-state index in [-0.39, 0.29) is 15.7 Å². The third kappa shape index (κ3) is 16.7. The number of rotatable bonds is 1. The molecule has 0 unspecified atom stereocenters. The van der Waals surface area contributed by atoms with Crippen LogP contribution in [0.1, 0.15) is 0 Å². The van der Waals surface area contributed by atoms with Crippen LogP contribution in [-0.2, 0) is 0 Å². The fourth-order valence-corrected chi connectivity index (χ4v) is 0. The molecule has 0 aliphatic carbocycles. The minimum atomic E-state index is -1.30. The lowest BCUT2D eigenvalue weighted by Gasteiger charge is -2.06. The average molecular weight is 146 g/mol. The molecule has 54 valence electrons. The summed E-state index contributed by atoms with van der Waals surface area (Å²) >= 11 is 0. The van der Waals surface area contributed by atoms with Gasteiger partial charge in [-0.1, -0.05) is 19.6 Å². The summed E-state index contributed by atoms with van der Waals surface area (Å²) < 4.78 is 11.6. The average Bonchev–Trinajstić information content (AvgIpc) is 1.35. The normalized spacial score (nSPS) is 9.00. The van der Waals surface area contributed by atoms with Gasteiger partial charge in [-0.3, -0.25) is 13.8 Å². The zero-order valence-electron chi connectivity index (χ0n) is 5.40. The molecule has 0 saturated heterocycles. The van der Waals surface area contributed by atoms with Crippen LogP contribution in [0.2, 0.25) is 19.6 Å². The summed E-state index contributed by atoms with van der Waals surface area (Å²) in [6.45, 7) is 6.02. The van der Waals surface area contributed by atoms with Gasteiger partial charge in [0.2, 0.25) is 0 Å². The quantitative estimate of drug-likeness (QED) is 0.497. The highest BCUT2D eigenvalue weighted by atomic mass is 28.3. The zero-order valence-corrected chi connectivity index (χ0v) is 6.40. The summed E-state index contributed by atoms with van der Waals surface area (Å²) in [4.78, 5) is 0. The van der Waals surface area contributed by atoms with Gasteiger partial charge in [0.15, 0.2) is 0 Å². The van der Waals surface area contributed by atoms with Crippen molar-refractivity contribution in [3.05, 3.63) is 0 Å². The van der Waals surface area contributed by atoms with Crippen LogP contribution < -0.4 is 0 Å². The Morgan fingerprint density at radius 1 is 1.12 bits per heavy atom. The molecule has 0 aromatic heterocycles. The Bertz CT molecular complexity index is 41.0. The van der Waals surface area contributed by atoms with Gasteiger partial charge < -0.3 is 0 Å². The Balaban J connectivity index is -0.000000125. The van der Waals surface area contributed by atoms with Crippen LogP contribution in [0.3, 0.4) is 0 Å². The van der Waals surface area contributed by atoms with E-state index in [0.717, 1.165) is 0 Å². The van der Waals surface area contributed by atoms with Crippen molar-refractivity contribution in [2.24, 2.45) is 0 Å². The smallest absolute Gasteiger partial charge is 0.0813 e. The monoisotopic (exact) mass is 146 g/mol. The fraction of sp³-hybridized carbons (Fsp3) is 1.00. The second kappa shape index (κ2) is 5.15. The first-order valence-corrected chi connectivity index (χ1v) is 5.83.